The number of carbonyl (C=O) groups is 1. The molecule has 1 amide bonds. The smallest absolute Gasteiger partial charge is 0.254 e. The molecule has 2 aromatic rings. The Morgan fingerprint density at radius 1 is 1.17 bits per heavy atom. The molecule has 0 fully saturated rings. The van der Waals surface area contributed by atoms with Crippen molar-refractivity contribution in [2.75, 3.05) is 31.3 Å². The van der Waals surface area contributed by atoms with Gasteiger partial charge < -0.3 is 14.8 Å². The fourth-order valence-corrected chi connectivity index (χ4v) is 4.37. The summed E-state index contributed by atoms with van der Waals surface area (Å²) in [6.45, 7) is 3.72. The first-order chi connectivity index (χ1) is 13.6. The van der Waals surface area contributed by atoms with Gasteiger partial charge in [-0.15, -0.1) is 0 Å². The lowest BCUT2D eigenvalue weighted by Gasteiger charge is -2.25. The summed E-state index contributed by atoms with van der Waals surface area (Å²) in [4.78, 5) is 13.1. The molecule has 0 saturated carbocycles. The number of halogens is 1. The molecule has 0 spiro atoms. The Morgan fingerprint density at radius 2 is 1.79 bits per heavy atom. The molecule has 2 rings (SSSR count). The Balaban J connectivity index is 2.52. The molecule has 0 aromatic heterocycles. The van der Waals surface area contributed by atoms with Crippen LogP contribution in [0.1, 0.15) is 35.8 Å². The zero-order chi connectivity index (χ0) is 21.8. The van der Waals surface area contributed by atoms with Crippen LogP contribution in [0.3, 0.4) is 0 Å². The highest BCUT2D eigenvalue weighted by atomic mass is 79.9. The number of sulfonamides is 1. The molecule has 0 unspecified atom stereocenters. The van der Waals surface area contributed by atoms with Crippen molar-refractivity contribution in [3.05, 3.63) is 52.0 Å². The van der Waals surface area contributed by atoms with Crippen molar-refractivity contribution in [1.82, 2.24) is 5.32 Å². The molecular weight excluding hydrogens is 460 g/mol. The predicted octanol–water partition coefficient (Wildman–Crippen LogP) is 3.74. The summed E-state index contributed by atoms with van der Waals surface area (Å²) >= 11 is 3.42. The standard InChI is InChI=1S/C20H25BrN2O5S/c1-6-23(29(5,25)26)17-12-19(28-4)18(27-3)11-16(17)20(24)22-13(2)14-8-7-9-15(21)10-14/h7-13H,6H2,1-5H3,(H,22,24)/t13-/m0/s1. The van der Waals surface area contributed by atoms with E-state index in [9.17, 15) is 13.2 Å². The fourth-order valence-electron chi connectivity index (χ4n) is 2.97. The van der Waals surface area contributed by atoms with Gasteiger partial charge >= 0.3 is 0 Å². The zero-order valence-corrected chi connectivity index (χ0v) is 19.4. The molecule has 7 nitrogen and oxygen atoms in total. The van der Waals surface area contributed by atoms with Crippen LogP contribution in [0.2, 0.25) is 0 Å². The minimum absolute atomic E-state index is 0.162. The first kappa shape index (κ1) is 23.0. The van der Waals surface area contributed by atoms with Crippen LogP contribution in [0.5, 0.6) is 11.5 Å². The predicted molar refractivity (Wildman–Crippen MR) is 117 cm³/mol. The second kappa shape index (κ2) is 9.49. The highest BCUT2D eigenvalue weighted by Gasteiger charge is 2.26. The van der Waals surface area contributed by atoms with Crippen molar-refractivity contribution in [2.24, 2.45) is 0 Å². The van der Waals surface area contributed by atoms with Crippen molar-refractivity contribution < 1.29 is 22.7 Å². The van der Waals surface area contributed by atoms with E-state index >= 15 is 0 Å². The monoisotopic (exact) mass is 484 g/mol. The topological polar surface area (TPSA) is 84.9 Å². The second-order valence-corrected chi connectivity index (χ2v) is 9.22. The maximum Gasteiger partial charge on any atom is 0.254 e. The van der Waals surface area contributed by atoms with Crippen LogP contribution in [0.25, 0.3) is 0 Å². The van der Waals surface area contributed by atoms with E-state index in [0.29, 0.717) is 11.5 Å². The van der Waals surface area contributed by atoms with E-state index in [4.69, 9.17) is 9.47 Å². The quantitative estimate of drug-likeness (QED) is 0.616. The van der Waals surface area contributed by atoms with Crippen LogP contribution in [-0.4, -0.2) is 41.3 Å². The molecule has 0 aliphatic rings. The van der Waals surface area contributed by atoms with Gasteiger partial charge in [-0.25, -0.2) is 8.42 Å². The van der Waals surface area contributed by atoms with Crippen LogP contribution < -0.4 is 19.1 Å². The highest BCUT2D eigenvalue weighted by molar-refractivity contribution is 9.10. The molecule has 158 valence electrons. The Hall–Kier alpha value is -2.26. The number of methoxy groups -OCH3 is 2. The number of nitrogens with one attached hydrogen (secondary N) is 1. The summed E-state index contributed by atoms with van der Waals surface area (Å²) in [5.74, 6) is 0.248. The van der Waals surface area contributed by atoms with Gasteiger partial charge in [0.25, 0.3) is 5.91 Å². The molecule has 1 N–H and O–H groups in total. The number of hydrogen-bond donors (Lipinski definition) is 1. The summed E-state index contributed by atoms with van der Waals surface area (Å²) in [6.07, 6.45) is 1.10. The number of ether oxygens (including phenoxy) is 2. The summed E-state index contributed by atoms with van der Waals surface area (Å²) in [5.41, 5.74) is 1.31. The largest absolute Gasteiger partial charge is 0.493 e. The lowest BCUT2D eigenvalue weighted by Crippen LogP contribution is -2.33. The lowest BCUT2D eigenvalue weighted by atomic mass is 10.1. The summed E-state index contributed by atoms with van der Waals surface area (Å²) in [6, 6.07) is 10.3. The van der Waals surface area contributed by atoms with Crippen LogP contribution in [0.15, 0.2) is 40.9 Å². The zero-order valence-electron chi connectivity index (χ0n) is 17.0. The normalized spacial score (nSPS) is 12.2. The molecule has 0 aliphatic carbocycles. The third-order valence-electron chi connectivity index (χ3n) is 4.40. The maximum absolute atomic E-state index is 13.1. The van der Waals surface area contributed by atoms with Gasteiger partial charge in [-0.1, -0.05) is 28.1 Å². The van der Waals surface area contributed by atoms with Gasteiger partial charge in [0.05, 0.1) is 37.8 Å². The van der Waals surface area contributed by atoms with Gasteiger partial charge in [0.15, 0.2) is 11.5 Å². The van der Waals surface area contributed by atoms with Gasteiger partial charge in [-0.05, 0) is 37.6 Å². The van der Waals surface area contributed by atoms with E-state index in [1.165, 1.54) is 26.4 Å². The van der Waals surface area contributed by atoms with Crippen LogP contribution in [-0.2, 0) is 10.0 Å². The van der Waals surface area contributed by atoms with Gasteiger partial charge in [0.1, 0.15) is 0 Å². The first-order valence-electron chi connectivity index (χ1n) is 8.92. The van der Waals surface area contributed by atoms with Crippen molar-refractivity contribution in [3.63, 3.8) is 0 Å². The molecule has 0 heterocycles. The van der Waals surface area contributed by atoms with Crippen molar-refractivity contribution >= 4 is 37.5 Å². The Bertz CT molecular complexity index is 994. The van der Waals surface area contributed by atoms with E-state index in [-0.39, 0.29) is 23.8 Å². The van der Waals surface area contributed by atoms with E-state index in [0.717, 1.165) is 20.6 Å². The van der Waals surface area contributed by atoms with Crippen molar-refractivity contribution in [3.8, 4) is 11.5 Å². The summed E-state index contributed by atoms with van der Waals surface area (Å²) in [7, 11) is -0.696. The van der Waals surface area contributed by atoms with Gasteiger partial charge in [-0.3, -0.25) is 9.10 Å². The fraction of sp³-hybridized carbons (Fsp3) is 0.350. The molecule has 2 aromatic carbocycles. The van der Waals surface area contributed by atoms with Crippen LogP contribution >= 0.6 is 15.9 Å². The Morgan fingerprint density at radius 3 is 2.31 bits per heavy atom. The maximum atomic E-state index is 13.1. The molecular formula is C20H25BrN2O5S. The third kappa shape index (κ3) is 5.42. The minimum Gasteiger partial charge on any atom is -0.493 e. The lowest BCUT2D eigenvalue weighted by molar-refractivity contribution is 0.0940. The number of amides is 1. The summed E-state index contributed by atoms with van der Waals surface area (Å²) < 4.78 is 37.2. The number of benzene rings is 2. The Labute approximate surface area is 180 Å². The molecule has 9 heteroatoms. The van der Waals surface area contributed by atoms with Crippen molar-refractivity contribution in [2.45, 2.75) is 19.9 Å². The number of rotatable bonds is 8. The summed E-state index contributed by atoms with van der Waals surface area (Å²) in [5, 5.41) is 2.92. The molecule has 0 aliphatic heterocycles. The molecule has 29 heavy (non-hydrogen) atoms. The molecule has 0 radical (unpaired) electrons. The average Bonchev–Trinajstić information content (AvgIpc) is 2.66. The molecule has 0 saturated heterocycles. The SMILES string of the molecule is CCN(c1cc(OC)c(OC)cc1C(=O)N[C@@H](C)c1cccc(Br)c1)S(C)(=O)=O. The number of hydrogen-bond acceptors (Lipinski definition) is 5. The Kier molecular flexibility index (Phi) is 7.54. The number of nitrogens with zero attached hydrogens (tertiary/aromatic N) is 1. The van der Waals surface area contributed by atoms with E-state index < -0.39 is 15.9 Å². The molecule has 0 bridgehead atoms. The van der Waals surface area contributed by atoms with E-state index in [2.05, 4.69) is 21.2 Å². The first-order valence-corrected chi connectivity index (χ1v) is 11.6. The minimum atomic E-state index is -3.60. The van der Waals surface area contributed by atoms with E-state index in [1.54, 1.807) is 6.92 Å². The highest BCUT2D eigenvalue weighted by Crippen LogP contribution is 2.36. The van der Waals surface area contributed by atoms with Crippen molar-refractivity contribution in [1.29, 1.82) is 0 Å². The second-order valence-electron chi connectivity index (χ2n) is 6.40. The van der Waals surface area contributed by atoms with Gasteiger partial charge in [-0.2, -0.15) is 0 Å². The van der Waals surface area contributed by atoms with E-state index in [1.807, 2.05) is 31.2 Å². The van der Waals surface area contributed by atoms with Gasteiger partial charge in [0, 0.05) is 17.1 Å². The average molecular weight is 485 g/mol. The number of carbonyl (C=O) groups excluding carboxylic acids is 1. The number of anilines is 1. The van der Waals surface area contributed by atoms with Gasteiger partial charge in [0.2, 0.25) is 10.0 Å². The van der Waals surface area contributed by atoms with Crippen LogP contribution in [0, 0.1) is 0 Å². The molecule has 1 atom stereocenters. The van der Waals surface area contributed by atoms with Crippen LogP contribution in [0.4, 0.5) is 5.69 Å². The third-order valence-corrected chi connectivity index (χ3v) is 6.15.